The van der Waals surface area contributed by atoms with Crippen molar-refractivity contribution in [2.45, 2.75) is 6.42 Å². The largest absolute Gasteiger partial charge is 0.497 e. The van der Waals surface area contributed by atoms with Crippen molar-refractivity contribution in [3.05, 3.63) is 41.3 Å². The summed E-state index contributed by atoms with van der Waals surface area (Å²) in [6.07, 6.45) is 2.24. The Morgan fingerprint density at radius 1 is 1.20 bits per heavy atom. The molecule has 1 N–H and O–H groups in total. The van der Waals surface area contributed by atoms with E-state index in [0.29, 0.717) is 23.3 Å². The average Bonchev–Trinajstić information content (AvgIpc) is 2.48. The summed E-state index contributed by atoms with van der Waals surface area (Å²) in [4.78, 5) is 7.99. The topological polar surface area (TPSA) is 56.3 Å². The van der Waals surface area contributed by atoms with Gasteiger partial charge < -0.3 is 14.8 Å². The van der Waals surface area contributed by atoms with E-state index in [9.17, 15) is 0 Å². The van der Waals surface area contributed by atoms with Gasteiger partial charge in [-0.05, 0) is 24.1 Å². The summed E-state index contributed by atoms with van der Waals surface area (Å²) in [5.41, 5.74) is 1.18. The van der Waals surface area contributed by atoms with Gasteiger partial charge in [0.05, 0.1) is 14.2 Å². The zero-order valence-electron chi connectivity index (χ0n) is 11.4. The number of benzene rings is 1. The van der Waals surface area contributed by atoms with Gasteiger partial charge in [0.25, 0.3) is 0 Å². The molecule has 5 nitrogen and oxygen atoms in total. The molecule has 0 radical (unpaired) electrons. The minimum absolute atomic E-state index is 0.298. The maximum absolute atomic E-state index is 5.93. The molecule has 6 heteroatoms. The first-order chi connectivity index (χ1) is 9.74. The van der Waals surface area contributed by atoms with Crippen LogP contribution in [0.25, 0.3) is 0 Å². The van der Waals surface area contributed by atoms with Crippen LogP contribution in [-0.2, 0) is 6.42 Å². The second-order valence-electron chi connectivity index (χ2n) is 4.07. The van der Waals surface area contributed by atoms with Crippen molar-refractivity contribution >= 4 is 17.4 Å². The van der Waals surface area contributed by atoms with Gasteiger partial charge in [-0.15, -0.1) is 0 Å². The molecule has 0 unspecified atom stereocenters. The molecule has 0 bridgehead atoms. The van der Waals surface area contributed by atoms with Gasteiger partial charge in [-0.1, -0.05) is 23.7 Å². The van der Waals surface area contributed by atoms with E-state index in [1.54, 1.807) is 7.11 Å². The number of nitrogens with zero attached hydrogens (tertiary/aromatic N) is 2. The summed E-state index contributed by atoms with van der Waals surface area (Å²) in [5.74, 6) is 1.90. The van der Waals surface area contributed by atoms with Gasteiger partial charge in [-0.3, -0.25) is 0 Å². The second kappa shape index (κ2) is 6.96. The molecule has 2 aromatic rings. The Morgan fingerprint density at radius 2 is 2.05 bits per heavy atom. The molecule has 0 amide bonds. The molecule has 1 aromatic carbocycles. The molecule has 20 heavy (non-hydrogen) atoms. The van der Waals surface area contributed by atoms with E-state index in [1.807, 2.05) is 24.3 Å². The minimum atomic E-state index is 0.298. The fourth-order valence-corrected chi connectivity index (χ4v) is 2.02. The first-order valence-electron chi connectivity index (χ1n) is 6.16. The van der Waals surface area contributed by atoms with Crippen LogP contribution in [0.5, 0.6) is 11.5 Å². The summed E-state index contributed by atoms with van der Waals surface area (Å²) in [6, 6.07) is 7.95. The van der Waals surface area contributed by atoms with Crippen molar-refractivity contribution in [1.29, 1.82) is 0 Å². The lowest BCUT2D eigenvalue weighted by Gasteiger charge is -2.10. The lowest BCUT2D eigenvalue weighted by molar-refractivity contribution is 0.413. The van der Waals surface area contributed by atoms with Crippen molar-refractivity contribution in [1.82, 2.24) is 9.97 Å². The van der Waals surface area contributed by atoms with E-state index in [2.05, 4.69) is 15.3 Å². The maximum atomic E-state index is 5.93. The van der Waals surface area contributed by atoms with Crippen molar-refractivity contribution in [2.75, 3.05) is 26.1 Å². The molecule has 1 aromatic heterocycles. The fraction of sp³-hybridized carbons (Fsp3) is 0.286. The highest BCUT2D eigenvalue weighted by molar-refractivity contribution is 6.31. The first kappa shape index (κ1) is 14.4. The molecule has 0 aliphatic rings. The van der Waals surface area contributed by atoms with Gasteiger partial charge >= 0.3 is 0 Å². The van der Waals surface area contributed by atoms with Crippen LogP contribution in [0.1, 0.15) is 5.56 Å². The molecule has 0 atom stereocenters. The molecule has 0 spiro atoms. The number of anilines is 1. The molecule has 0 fully saturated rings. The Hall–Kier alpha value is -2.01. The molecule has 2 rings (SSSR count). The Bertz CT molecular complexity index is 578. The van der Waals surface area contributed by atoms with Crippen molar-refractivity contribution in [3.8, 4) is 11.5 Å². The predicted molar refractivity (Wildman–Crippen MR) is 78.8 cm³/mol. The van der Waals surface area contributed by atoms with E-state index in [4.69, 9.17) is 21.1 Å². The summed E-state index contributed by atoms with van der Waals surface area (Å²) in [5, 5.41) is 3.49. The molecular weight excluding hydrogens is 278 g/mol. The number of hydrogen-bond acceptors (Lipinski definition) is 5. The van der Waals surface area contributed by atoms with Gasteiger partial charge in [0.15, 0.2) is 16.7 Å². The molecule has 0 aliphatic carbocycles. The second-order valence-corrected chi connectivity index (χ2v) is 4.43. The van der Waals surface area contributed by atoms with E-state index >= 15 is 0 Å². The third-order valence-corrected chi connectivity index (χ3v) is 3.07. The molecule has 0 saturated heterocycles. The van der Waals surface area contributed by atoms with Crippen LogP contribution in [0.2, 0.25) is 5.15 Å². The molecule has 106 valence electrons. The number of methoxy groups -OCH3 is 2. The van der Waals surface area contributed by atoms with Crippen molar-refractivity contribution in [3.63, 3.8) is 0 Å². The highest BCUT2D eigenvalue weighted by Crippen LogP contribution is 2.28. The summed E-state index contributed by atoms with van der Waals surface area (Å²) < 4.78 is 10.4. The Balaban J connectivity index is 1.97. The third-order valence-electron chi connectivity index (χ3n) is 2.80. The molecule has 0 aliphatic heterocycles. The number of nitrogens with one attached hydrogen (secondary N) is 1. The van der Waals surface area contributed by atoms with Crippen molar-refractivity contribution < 1.29 is 9.47 Å². The number of aromatic nitrogens is 2. The quantitative estimate of drug-likeness (QED) is 0.830. The normalized spacial score (nSPS) is 10.2. The third kappa shape index (κ3) is 3.51. The first-order valence-corrected chi connectivity index (χ1v) is 6.53. The van der Waals surface area contributed by atoms with Crippen molar-refractivity contribution in [2.24, 2.45) is 0 Å². The summed E-state index contributed by atoms with van der Waals surface area (Å²) in [7, 11) is 3.20. The molecule has 0 saturated carbocycles. The van der Waals surface area contributed by atoms with Gasteiger partial charge in [0.1, 0.15) is 12.1 Å². The van der Waals surface area contributed by atoms with Gasteiger partial charge in [-0.2, -0.15) is 0 Å². The average molecular weight is 294 g/mol. The maximum Gasteiger partial charge on any atom is 0.198 e. The Labute approximate surface area is 122 Å². The monoisotopic (exact) mass is 293 g/mol. The number of hydrogen-bond donors (Lipinski definition) is 1. The SMILES string of the molecule is COc1cccc(CCNc2ncnc(Cl)c2OC)c1. The zero-order chi connectivity index (χ0) is 14.4. The molecule has 1 heterocycles. The number of rotatable bonds is 6. The van der Waals surface area contributed by atoms with E-state index in [1.165, 1.54) is 19.0 Å². The van der Waals surface area contributed by atoms with Crippen LogP contribution in [0.3, 0.4) is 0 Å². The molecular formula is C14H16ClN3O2. The Kier molecular flexibility index (Phi) is 5.01. The zero-order valence-corrected chi connectivity index (χ0v) is 12.1. The van der Waals surface area contributed by atoms with Crippen LogP contribution >= 0.6 is 11.6 Å². The number of ether oxygens (including phenoxy) is 2. The lowest BCUT2D eigenvalue weighted by atomic mass is 10.1. The smallest absolute Gasteiger partial charge is 0.198 e. The lowest BCUT2D eigenvalue weighted by Crippen LogP contribution is -2.08. The van der Waals surface area contributed by atoms with Crippen LogP contribution in [0.15, 0.2) is 30.6 Å². The van der Waals surface area contributed by atoms with E-state index < -0.39 is 0 Å². The predicted octanol–water partition coefficient (Wildman–Crippen LogP) is 2.80. The summed E-state index contributed by atoms with van der Waals surface area (Å²) in [6.45, 7) is 0.705. The Morgan fingerprint density at radius 3 is 2.80 bits per heavy atom. The minimum Gasteiger partial charge on any atom is -0.497 e. The van der Waals surface area contributed by atoms with Gasteiger partial charge in [0.2, 0.25) is 0 Å². The van der Waals surface area contributed by atoms with E-state index in [0.717, 1.165) is 12.2 Å². The summed E-state index contributed by atoms with van der Waals surface area (Å²) >= 11 is 5.93. The standard InChI is InChI=1S/C14H16ClN3O2/c1-19-11-5-3-4-10(8-11)6-7-16-14-12(20-2)13(15)17-9-18-14/h3-5,8-9H,6-7H2,1-2H3,(H,16,17,18). The number of halogens is 1. The van der Waals surface area contributed by atoms with E-state index in [-0.39, 0.29) is 0 Å². The highest BCUT2D eigenvalue weighted by atomic mass is 35.5. The van der Waals surface area contributed by atoms with Crippen LogP contribution in [0.4, 0.5) is 5.82 Å². The van der Waals surface area contributed by atoms with Crippen LogP contribution < -0.4 is 14.8 Å². The van der Waals surface area contributed by atoms with Gasteiger partial charge in [0, 0.05) is 6.54 Å². The van der Waals surface area contributed by atoms with Crippen LogP contribution in [-0.4, -0.2) is 30.7 Å². The van der Waals surface area contributed by atoms with Gasteiger partial charge in [-0.25, -0.2) is 9.97 Å². The highest BCUT2D eigenvalue weighted by Gasteiger charge is 2.09. The van der Waals surface area contributed by atoms with Crippen LogP contribution in [0, 0.1) is 0 Å². The fourth-order valence-electron chi connectivity index (χ4n) is 1.81.